The summed E-state index contributed by atoms with van der Waals surface area (Å²) < 4.78 is 0. The third-order valence-electron chi connectivity index (χ3n) is 5.28. The molecule has 1 aliphatic heterocycles. The minimum absolute atomic E-state index is 0.107. The number of amides is 2. The van der Waals surface area contributed by atoms with Crippen molar-refractivity contribution in [2.24, 2.45) is 0 Å². The average Bonchev–Trinajstić information content (AvgIpc) is 2.71. The summed E-state index contributed by atoms with van der Waals surface area (Å²) in [5.41, 5.74) is 3.49. The zero-order valence-corrected chi connectivity index (χ0v) is 17.9. The first kappa shape index (κ1) is 22.9. The van der Waals surface area contributed by atoms with E-state index >= 15 is 0 Å². The van der Waals surface area contributed by atoms with E-state index in [1.807, 2.05) is 6.92 Å². The number of rotatable bonds is 2. The van der Waals surface area contributed by atoms with E-state index in [1.165, 1.54) is 11.1 Å². The van der Waals surface area contributed by atoms with Gasteiger partial charge in [0.15, 0.2) is 0 Å². The van der Waals surface area contributed by atoms with Crippen LogP contribution in [0.25, 0.3) is 0 Å². The Morgan fingerprint density at radius 3 is 2.52 bits per heavy atom. The highest BCUT2D eigenvalue weighted by atomic mass is 16.2. The lowest BCUT2D eigenvalue weighted by atomic mass is 9.97. The number of hydrogen-bond donors (Lipinski definition) is 4. The zero-order chi connectivity index (χ0) is 21.1. The van der Waals surface area contributed by atoms with E-state index in [0.717, 1.165) is 37.8 Å². The molecule has 2 rings (SSSR count). The van der Waals surface area contributed by atoms with Gasteiger partial charge in [-0.1, -0.05) is 44.2 Å². The second-order valence-corrected chi connectivity index (χ2v) is 7.85. The van der Waals surface area contributed by atoms with Crippen molar-refractivity contribution in [1.82, 2.24) is 21.3 Å². The van der Waals surface area contributed by atoms with Crippen molar-refractivity contribution in [3.05, 3.63) is 47.7 Å². The fourth-order valence-corrected chi connectivity index (χ4v) is 3.50. The van der Waals surface area contributed by atoms with Gasteiger partial charge in [0.2, 0.25) is 11.8 Å². The van der Waals surface area contributed by atoms with Crippen molar-refractivity contribution in [3.63, 3.8) is 0 Å². The molecule has 29 heavy (non-hydrogen) atoms. The van der Waals surface area contributed by atoms with Gasteiger partial charge in [0.1, 0.15) is 6.04 Å². The van der Waals surface area contributed by atoms with Crippen LogP contribution >= 0.6 is 0 Å². The molecule has 0 spiro atoms. The number of fused-ring (bicyclic) bond motifs is 1. The first-order chi connectivity index (χ1) is 14.0. The lowest BCUT2D eigenvalue weighted by molar-refractivity contribution is -0.128. The van der Waals surface area contributed by atoms with Gasteiger partial charge >= 0.3 is 0 Å². The summed E-state index contributed by atoms with van der Waals surface area (Å²) in [5, 5.41) is 12.3. The summed E-state index contributed by atoms with van der Waals surface area (Å²) in [6, 6.07) is 8.41. The van der Waals surface area contributed by atoms with Crippen LogP contribution in [0.4, 0.5) is 0 Å². The Kier molecular flexibility index (Phi) is 9.71. The van der Waals surface area contributed by atoms with Crippen LogP contribution in [-0.2, 0) is 22.4 Å². The van der Waals surface area contributed by atoms with Gasteiger partial charge in [0.25, 0.3) is 0 Å². The Bertz CT molecular complexity index is 689. The summed E-state index contributed by atoms with van der Waals surface area (Å²) in [5.74, 6) is -0.299. The maximum atomic E-state index is 12.5. The van der Waals surface area contributed by atoms with Crippen molar-refractivity contribution >= 4 is 11.8 Å². The second kappa shape index (κ2) is 12.3. The molecule has 1 aromatic rings. The first-order valence-electron chi connectivity index (χ1n) is 10.8. The molecule has 6 nitrogen and oxygen atoms in total. The van der Waals surface area contributed by atoms with E-state index in [0.29, 0.717) is 25.6 Å². The van der Waals surface area contributed by atoms with E-state index in [4.69, 9.17) is 0 Å². The number of carbonyl (C=O) groups is 2. The maximum absolute atomic E-state index is 12.5. The predicted molar refractivity (Wildman–Crippen MR) is 118 cm³/mol. The summed E-state index contributed by atoms with van der Waals surface area (Å²) in [4.78, 5) is 24.8. The normalized spacial score (nSPS) is 23.0. The largest absolute Gasteiger partial charge is 0.379 e. The third-order valence-corrected chi connectivity index (χ3v) is 5.28. The monoisotopic (exact) mass is 400 g/mol. The van der Waals surface area contributed by atoms with Gasteiger partial charge in [-0.15, -0.1) is 0 Å². The molecule has 1 aromatic carbocycles. The van der Waals surface area contributed by atoms with E-state index in [9.17, 15) is 9.59 Å². The maximum Gasteiger partial charge on any atom is 0.242 e. The van der Waals surface area contributed by atoms with Gasteiger partial charge in [-0.05, 0) is 50.2 Å². The summed E-state index contributed by atoms with van der Waals surface area (Å²) in [6.45, 7) is 9.50. The molecule has 0 fully saturated rings. The number of nitrogens with one attached hydrogen (secondary N) is 4. The average molecular weight is 401 g/mol. The van der Waals surface area contributed by atoms with Crippen molar-refractivity contribution in [3.8, 4) is 0 Å². The number of carbonyl (C=O) groups excluding carboxylic acids is 2. The van der Waals surface area contributed by atoms with Crippen LogP contribution in [0.1, 0.15) is 50.7 Å². The van der Waals surface area contributed by atoms with Crippen LogP contribution in [0, 0.1) is 0 Å². The molecule has 6 heteroatoms. The van der Waals surface area contributed by atoms with E-state index < -0.39 is 6.04 Å². The number of aryl methyl sites for hydroxylation is 2. The van der Waals surface area contributed by atoms with Crippen LogP contribution in [0.3, 0.4) is 0 Å². The second-order valence-electron chi connectivity index (χ2n) is 7.85. The molecule has 1 unspecified atom stereocenters. The summed E-state index contributed by atoms with van der Waals surface area (Å²) >= 11 is 0. The molecule has 0 aliphatic carbocycles. The highest BCUT2D eigenvalue weighted by Gasteiger charge is 2.19. The SMILES string of the molecule is C=C1CN[C@@H](C)CCc2ccccc2CCCNC(=O)C(CCC)NC(=O)CN1. The van der Waals surface area contributed by atoms with Gasteiger partial charge in [-0.3, -0.25) is 9.59 Å². The molecule has 0 saturated carbocycles. The van der Waals surface area contributed by atoms with E-state index in [1.54, 1.807) is 0 Å². The molecule has 4 N–H and O–H groups in total. The Labute approximate surface area is 174 Å². The molecule has 1 aliphatic rings. The molecule has 0 bridgehead atoms. The minimum atomic E-state index is -0.494. The van der Waals surface area contributed by atoms with Crippen LogP contribution in [0.2, 0.25) is 0 Å². The first-order valence-corrected chi connectivity index (χ1v) is 10.8. The van der Waals surface area contributed by atoms with E-state index in [-0.39, 0.29) is 18.4 Å². The molecular weight excluding hydrogens is 364 g/mol. The van der Waals surface area contributed by atoms with Crippen LogP contribution < -0.4 is 21.3 Å². The molecule has 160 valence electrons. The Hall–Kier alpha value is -2.34. The Morgan fingerprint density at radius 2 is 1.79 bits per heavy atom. The molecule has 2 amide bonds. The number of hydrogen-bond acceptors (Lipinski definition) is 4. The highest BCUT2D eigenvalue weighted by molar-refractivity contribution is 5.88. The van der Waals surface area contributed by atoms with Gasteiger partial charge in [0, 0.05) is 24.8 Å². The molecular formula is C23H36N4O2. The Morgan fingerprint density at radius 1 is 1.07 bits per heavy atom. The fourth-order valence-electron chi connectivity index (χ4n) is 3.50. The molecule has 0 saturated heterocycles. The zero-order valence-electron chi connectivity index (χ0n) is 17.9. The van der Waals surface area contributed by atoms with Crippen molar-refractivity contribution in [2.75, 3.05) is 19.6 Å². The van der Waals surface area contributed by atoms with Crippen LogP contribution in [0.15, 0.2) is 36.5 Å². The molecule has 2 atom stereocenters. The lowest BCUT2D eigenvalue weighted by Crippen LogP contribution is -2.49. The molecule has 1 heterocycles. The minimum Gasteiger partial charge on any atom is -0.379 e. The third kappa shape index (κ3) is 8.28. The van der Waals surface area contributed by atoms with Gasteiger partial charge in [-0.2, -0.15) is 0 Å². The smallest absolute Gasteiger partial charge is 0.242 e. The topological polar surface area (TPSA) is 82.3 Å². The predicted octanol–water partition coefficient (Wildman–Crippen LogP) is 2.05. The van der Waals surface area contributed by atoms with Crippen molar-refractivity contribution in [2.45, 2.75) is 64.5 Å². The van der Waals surface area contributed by atoms with Crippen LogP contribution in [0.5, 0.6) is 0 Å². The van der Waals surface area contributed by atoms with Crippen LogP contribution in [-0.4, -0.2) is 43.5 Å². The van der Waals surface area contributed by atoms with E-state index in [2.05, 4.69) is 59.0 Å². The highest BCUT2D eigenvalue weighted by Crippen LogP contribution is 2.14. The fraction of sp³-hybridized carbons (Fsp3) is 0.565. The van der Waals surface area contributed by atoms with Crippen molar-refractivity contribution < 1.29 is 9.59 Å². The quantitative estimate of drug-likeness (QED) is 0.612. The van der Waals surface area contributed by atoms with Crippen molar-refractivity contribution in [1.29, 1.82) is 0 Å². The van der Waals surface area contributed by atoms with Gasteiger partial charge in [-0.25, -0.2) is 0 Å². The summed E-state index contributed by atoms with van der Waals surface area (Å²) in [7, 11) is 0. The number of benzene rings is 1. The standard InChI is InChI=1S/C23H36N4O2/c1-4-8-21-23(29)24-14-7-11-19-9-5-6-10-20(19)13-12-17(2)25-15-18(3)26-16-22(28)27-21/h5-6,9-10,17,21,25-26H,3-4,7-8,11-16H2,1-2H3,(H,24,29)(H,27,28)/t17-,21?/m0/s1. The molecule has 0 aromatic heterocycles. The molecule has 0 radical (unpaired) electrons. The Balaban J connectivity index is 2.06. The van der Waals surface area contributed by atoms with Gasteiger partial charge in [0.05, 0.1) is 6.54 Å². The van der Waals surface area contributed by atoms with Gasteiger partial charge < -0.3 is 21.3 Å². The lowest BCUT2D eigenvalue weighted by Gasteiger charge is -2.20. The summed E-state index contributed by atoms with van der Waals surface area (Å²) in [6.07, 6.45) is 5.31.